The Hall–Kier alpha value is -1.30. The van der Waals surface area contributed by atoms with Gasteiger partial charge in [0.2, 0.25) is 0 Å². The van der Waals surface area contributed by atoms with Crippen molar-refractivity contribution >= 4 is 50.5 Å². The van der Waals surface area contributed by atoms with E-state index in [2.05, 4.69) is 21.2 Å². The highest BCUT2D eigenvalue weighted by molar-refractivity contribution is 9.10. The maximum atomic E-state index is 11.0. The summed E-state index contributed by atoms with van der Waals surface area (Å²) in [5, 5.41) is 15.1. The Morgan fingerprint density at radius 3 is 2.45 bits per heavy atom. The van der Waals surface area contributed by atoms with E-state index < -0.39 is 4.92 Å². The summed E-state index contributed by atoms with van der Waals surface area (Å²) in [6.45, 7) is 0.289. The predicted octanol–water partition coefficient (Wildman–Crippen LogP) is 5.28. The van der Waals surface area contributed by atoms with Crippen molar-refractivity contribution in [2.24, 2.45) is 0 Å². The number of nitro benzene ring substituents is 1. The molecule has 2 aromatic carbocycles. The fourth-order valence-corrected chi connectivity index (χ4v) is 2.71. The van der Waals surface area contributed by atoms with Gasteiger partial charge in [0.05, 0.1) is 10.5 Å². The van der Waals surface area contributed by atoms with Crippen LogP contribution in [0.2, 0.25) is 10.0 Å². The molecule has 0 heterocycles. The summed E-state index contributed by atoms with van der Waals surface area (Å²) in [7, 11) is 0. The molecule has 0 spiro atoms. The van der Waals surface area contributed by atoms with Gasteiger partial charge in [0.25, 0.3) is 5.69 Å². The summed E-state index contributed by atoms with van der Waals surface area (Å²) >= 11 is 15.1. The van der Waals surface area contributed by atoms with Crippen LogP contribution in [0.25, 0.3) is 0 Å². The first-order valence-corrected chi connectivity index (χ1v) is 7.14. The lowest BCUT2D eigenvalue weighted by Gasteiger charge is -2.09. The number of hydrogen-bond acceptors (Lipinski definition) is 3. The third kappa shape index (κ3) is 3.62. The van der Waals surface area contributed by atoms with Gasteiger partial charge in [-0.2, -0.15) is 0 Å². The molecule has 2 aromatic rings. The summed E-state index contributed by atoms with van der Waals surface area (Å²) in [5.74, 6) is 0. The minimum Gasteiger partial charge on any atom is -0.380 e. The van der Waals surface area contributed by atoms with Gasteiger partial charge in [0.1, 0.15) is 0 Å². The molecule has 0 aliphatic rings. The van der Waals surface area contributed by atoms with E-state index >= 15 is 0 Å². The number of anilines is 1. The predicted molar refractivity (Wildman–Crippen MR) is 84.6 cm³/mol. The molecule has 0 aliphatic carbocycles. The molecular weight excluding hydrogens is 367 g/mol. The van der Waals surface area contributed by atoms with Gasteiger partial charge in [0, 0.05) is 32.8 Å². The van der Waals surface area contributed by atoms with Crippen LogP contribution in [0.4, 0.5) is 11.4 Å². The molecule has 0 radical (unpaired) electrons. The van der Waals surface area contributed by atoms with Gasteiger partial charge < -0.3 is 5.32 Å². The third-order valence-electron chi connectivity index (χ3n) is 2.64. The summed E-state index contributed by atoms with van der Waals surface area (Å²) in [4.78, 5) is 10.5. The van der Waals surface area contributed by atoms with E-state index in [0.717, 1.165) is 10.2 Å². The first-order chi connectivity index (χ1) is 9.47. The third-order valence-corrected chi connectivity index (χ3v) is 3.76. The van der Waals surface area contributed by atoms with Crippen molar-refractivity contribution in [2.45, 2.75) is 6.54 Å². The zero-order valence-electron chi connectivity index (χ0n) is 10.1. The minimum absolute atomic E-state index is 0.0342. The van der Waals surface area contributed by atoms with Crippen LogP contribution in [-0.4, -0.2) is 4.92 Å². The lowest BCUT2D eigenvalue weighted by molar-refractivity contribution is -0.385. The van der Waals surface area contributed by atoms with Crippen LogP contribution in [-0.2, 0) is 6.54 Å². The maximum Gasteiger partial charge on any atom is 0.274 e. The second-order valence-electron chi connectivity index (χ2n) is 4.01. The zero-order chi connectivity index (χ0) is 14.7. The number of nitro groups is 1. The van der Waals surface area contributed by atoms with Gasteiger partial charge in [-0.1, -0.05) is 23.2 Å². The van der Waals surface area contributed by atoms with Gasteiger partial charge in [-0.15, -0.1) is 0 Å². The molecule has 2 rings (SSSR count). The highest BCUT2D eigenvalue weighted by Crippen LogP contribution is 2.28. The van der Waals surface area contributed by atoms with Crippen molar-refractivity contribution < 1.29 is 4.92 Å². The molecule has 0 atom stereocenters. The van der Waals surface area contributed by atoms with Crippen LogP contribution < -0.4 is 5.32 Å². The first-order valence-electron chi connectivity index (χ1n) is 5.59. The van der Waals surface area contributed by atoms with Crippen molar-refractivity contribution in [1.29, 1.82) is 0 Å². The largest absolute Gasteiger partial charge is 0.380 e. The monoisotopic (exact) mass is 374 g/mol. The van der Waals surface area contributed by atoms with Crippen LogP contribution in [0.5, 0.6) is 0 Å². The van der Waals surface area contributed by atoms with E-state index in [1.54, 1.807) is 24.3 Å². The number of nitrogens with zero attached hydrogens (tertiary/aromatic N) is 1. The molecule has 0 saturated heterocycles. The number of nitrogens with one attached hydrogen (secondary N) is 1. The van der Waals surface area contributed by atoms with Crippen molar-refractivity contribution in [3.63, 3.8) is 0 Å². The first kappa shape index (κ1) is 15.1. The van der Waals surface area contributed by atoms with Crippen LogP contribution in [0.15, 0.2) is 40.9 Å². The molecule has 0 fully saturated rings. The molecule has 104 valence electrons. The van der Waals surface area contributed by atoms with E-state index in [1.165, 1.54) is 12.1 Å². The van der Waals surface area contributed by atoms with Crippen LogP contribution in [0, 0.1) is 10.1 Å². The summed E-state index contributed by atoms with van der Waals surface area (Å²) in [5.41, 5.74) is 1.35. The number of rotatable bonds is 4. The molecule has 4 nitrogen and oxygen atoms in total. The molecule has 20 heavy (non-hydrogen) atoms. The van der Waals surface area contributed by atoms with Gasteiger partial charge in [-0.3, -0.25) is 10.1 Å². The van der Waals surface area contributed by atoms with Gasteiger partial charge in [-0.25, -0.2) is 0 Å². The number of benzene rings is 2. The minimum atomic E-state index is -0.426. The molecule has 0 bridgehead atoms. The van der Waals surface area contributed by atoms with E-state index in [0.29, 0.717) is 15.6 Å². The zero-order valence-corrected chi connectivity index (χ0v) is 13.2. The fourth-order valence-electron chi connectivity index (χ4n) is 1.70. The molecule has 0 unspecified atom stereocenters. The van der Waals surface area contributed by atoms with Crippen molar-refractivity contribution in [1.82, 2.24) is 0 Å². The molecular formula is C13H9BrCl2N2O2. The highest BCUT2D eigenvalue weighted by Gasteiger charge is 2.14. The van der Waals surface area contributed by atoms with Crippen molar-refractivity contribution in [3.05, 3.63) is 66.6 Å². The molecule has 0 aromatic heterocycles. The Morgan fingerprint density at radius 2 is 1.80 bits per heavy atom. The fraction of sp³-hybridized carbons (Fsp3) is 0.0769. The van der Waals surface area contributed by atoms with Crippen LogP contribution >= 0.6 is 39.1 Å². The highest BCUT2D eigenvalue weighted by atomic mass is 79.9. The van der Waals surface area contributed by atoms with Gasteiger partial charge in [0.15, 0.2) is 0 Å². The molecule has 0 aliphatic heterocycles. The Labute approximate surface area is 134 Å². The van der Waals surface area contributed by atoms with Crippen LogP contribution in [0.1, 0.15) is 5.56 Å². The number of halogens is 3. The Balaban J connectivity index is 2.22. The van der Waals surface area contributed by atoms with E-state index in [4.69, 9.17) is 23.2 Å². The average molecular weight is 376 g/mol. The number of hydrogen-bond donors (Lipinski definition) is 1. The van der Waals surface area contributed by atoms with Crippen molar-refractivity contribution in [2.75, 3.05) is 5.32 Å². The molecule has 0 saturated carbocycles. The quantitative estimate of drug-likeness (QED) is 0.584. The van der Waals surface area contributed by atoms with Gasteiger partial charge >= 0.3 is 0 Å². The normalized spacial score (nSPS) is 10.3. The van der Waals surface area contributed by atoms with Gasteiger partial charge in [-0.05, 0) is 46.3 Å². The second-order valence-corrected chi connectivity index (χ2v) is 5.74. The van der Waals surface area contributed by atoms with Crippen LogP contribution in [0.3, 0.4) is 0 Å². The maximum absolute atomic E-state index is 11.0. The van der Waals surface area contributed by atoms with Crippen molar-refractivity contribution in [3.8, 4) is 0 Å². The SMILES string of the molecule is O=[N+]([O-])c1ccc(Cl)cc1CNc1ccc(Cl)cc1Br. The Morgan fingerprint density at radius 1 is 1.15 bits per heavy atom. The topological polar surface area (TPSA) is 55.2 Å². The molecule has 7 heteroatoms. The average Bonchev–Trinajstić information content (AvgIpc) is 2.37. The molecule has 1 N–H and O–H groups in total. The standard InChI is InChI=1S/C13H9BrCl2N2O2/c14-11-6-10(16)1-3-12(11)17-7-8-5-9(15)2-4-13(8)18(19)20/h1-6,17H,7H2. The Bertz CT molecular complexity index is 665. The Kier molecular flexibility index (Phi) is 4.86. The summed E-state index contributed by atoms with van der Waals surface area (Å²) in [6, 6.07) is 9.76. The van der Waals surface area contributed by atoms with E-state index in [1.807, 2.05) is 0 Å². The lowest BCUT2D eigenvalue weighted by atomic mass is 10.1. The summed E-state index contributed by atoms with van der Waals surface area (Å²) < 4.78 is 0.787. The smallest absolute Gasteiger partial charge is 0.274 e. The van der Waals surface area contributed by atoms with E-state index in [-0.39, 0.29) is 12.2 Å². The lowest BCUT2D eigenvalue weighted by Crippen LogP contribution is -2.03. The molecule has 0 amide bonds. The second kappa shape index (κ2) is 6.43. The summed E-state index contributed by atoms with van der Waals surface area (Å²) in [6.07, 6.45) is 0. The van der Waals surface area contributed by atoms with E-state index in [9.17, 15) is 10.1 Å².